The average Bonchev–Trinajstić information content (AvgIpc) is 3.71. The number of fused-ring (bicyclic) bond motifs is 2. The second-order valence-electron chi connectivity index (χ2n) is 15.5. The molecule has 13 nitrogen and oxygen atoms in total. The lowest BCUT2D eigenvalue weighted by Crippen LogP contribution is -2.49. The molecule has 0 spiro atoms. The molecule has 2 saturated heterocycles. The maximum Gasteiger partial charge on any atom is 0.433 e. The molecule has 3 amide bonds. The Balaban J connectivity index is 0.891. The number of aryl methyl sites for hydroxylation is 1. The number of rotatable bonds is 7. The highest BCUT2D eigenvalue weighted by Gasteiger charge is 2.46. The van der Waals surface area contributed by atoms with Gasteiger partial charge in [-0.1, -0.05) is 12.1 Å². The number of nitriles is 1. The van der Waals surface area contributed by atoms with Crippen molar-refractivity contribution in [2.75, 3.05) is 25.0 Å². The number of imidazole rings is 1. The van der Waals surface area contributed by atoms with Gasteiger partial charge in [-0.05, 0) is 92.9 Å². The molecular weight excluding hydrogens is 765 g/mol. The number of hydrogen-bond acceptors (Lipinski definition) is 8. The number of nitrogens with one attached hydrogen (secondary N) is 2. The van der Waals surface area contributed by atoms with Gasteiger partial charge in [-0.2, -0.15) is 23.5 Å². The van der Waals surface area contributed by atoms with Crippen LogP contribution in [-0.2, 0) is 22.8 Å². The molecule has 0 radical (unpaired) electrons. The topological polar surface area (TPSA) is 160 Å². The number of pyridine rings is 1. The first kappa shape index (κ1) is 38.9. The Morgan fingerprint density at radius 3 is 2.50 bits per heavy atom. The first-order valence-electron chi connectivity index (χ1n) is 19.0. The number of benzene rings is 2. The maximum atomic E-state index is 15.9. The highest BCUT2D eigenvalue weighted by atomic mass is 19.4. The molecule has 1 saturated carbocycles. The van der Waals surface area contributed by atoms with E-state index in [0.29, 0.717) is 40.6 Å². The van der Waals surface area contributed by atoms with E-state index >= 15 is 8.78 Å². The zero-order valence-electron chi connectivity index (χ0n) is 31.2. The summed E-state index contributed by atoms with van der Waals surface area (Å²) in [7, 11) is 1.54. The van der Waals surface area contributed by atoms with Crippen LogP contribution in [0.4, 0.5) is 27.6 Å². The largest absolute Gasteiger partial charge is 0.433 e. The van der Waals surface area contributed by atoms with E-state index in [9.17, 15) is 37.6 Å². The first-order valence-corrected chi connectivity index (χ1v) is 19.0. The Bertz CT molecular complexity index is 2560. The first-order chi connectivity index (χ1) is 27.6. The average molecular weight is 804 g/mol. The van der Waals surface area contributed by atoms with Gasteiger partial charge in [0.25, 0.3) is 11.8 Å². The maximum absolute atomic E-state index is 15.9. The predicted molar refractivity (Wildman–Crippen MR) is 200 cm³/mol. The molecule has 5 aromatic rings. The van der Waals surface area contributed by atoms with E-state index in [1.807, 2.05) is 15.7 Å². The van der Waals surface area contributed by atoms with Crippen molar-refractivity contribution in [3.05, 3.63) is 87.7 Å². The quantitative estimate of drug-likeness (QED) is 0.148. The number of halogens is 5. The second kappa shape index (κ2) is 14.8. The molecule has 58 heavy (non-hydrogen) atoms. The summed E-state index contributed by atoms with van der Waals surface area (Å²) in [6, 6.07) is 12.0. The third-order valence-electron chi connectivity index (χ3n) is 11.7. The molecule has 3 aliphatic rings. The van der Waals surface area contributed by atoms with E-state index in [0.717, 1.165) is 43.9 Å². The van der Waals surface area contributed by atoms with Crippen LogP contribution in [0.15, 0.2) is 59.5 Å². The number of piperidine rings is 2. The monoisotopic (exact) mass is 803 g/mol. The Hall–Kier alpha value is -5.96. The van der Waals surface area contributed by atoms with Crippen molar-refractivity contribution in [2.24, 2.45) is 13.0 Å². The van der Waals surface area contributed by atoms with Crippen molar-refractivity contribution in [1.82, 2.24) is 34.1 Å². The number of amides is 3. The molecule has 2 aliphatic heterocycles. The van der Waals surface area contributed by atoms with Gasteiger partial charge in [0, 0.05) is 31.6 Å². The second-order valence-corrected chi connectivity index (χ2v) is 15.5. The van der Waals surface area contributed by atoms with E-state index < -0.39 is 65.4 Å². The van der Waals surface area contributed by atoms with E-state index in [2.05, 4.69) is 20.7 Å². The summed E-state index contributed by atoms with van der Waals surface area (Å²) in [6.45, 7) is 0.594. The summed E-state index contributed by atoms with van der Waals surface area (Å²) in [4.78, 5) is 55.5. The Kier molecular flexibility index (Phi) is 9.90. The molecule has 3 fully saturated rings. The summed E-state index contributed by atoms with van der Waals surface area (Å²) in [5, 5.41) is 19.8. The van der Waals surface area contributed by atoms with Crippen LogP contribution in [0.1, 0.15) is 90.3 Å². The van der Waals surface area contributed by atoms with Crippen LogP contribution in [0.5, 0.6) is 0 Å². The Labute approximate surface area is 327 Å². The molecule has 302 valence electrons. The molecule has 2 unspecified atom stereocenters. The normalized spacial score (nSPS) is 22.8. The minimum atomic E-state index is -4.73. The van der Waals surface area contributed by atoms with Crippen LogP contribution < -0.4 is 16.3 Å². The Morgan fingerprint density at radius 1 is 1.02 bits per heavy atom. The molecule has 5 heterocycles. The van der Waals surface area contributed by atoms with Gasteiger partial charge in [0.15, 0.2) is 0 Å². The summed E-state index contributed by atoms with van der Waals surface area (Å²) in [5.41, 5.74) is -0.117. The number of carbonyl (C=O) groups is 3. The zero-order chi connectivity index (χ0) is 41.1. The fourth-order valence-electron chi connectivity index (χ4n) is 8.74. The van der Waals surface area contributed by atoms with Gasteiger partial charge >= 0.3 is 11.9 Å². The van der Waals surface area contributed by atoms with E-state index in [4.69, 9.17) is 0 Å². The summed E-state index contributed by atoms with van der Waals surface area (Å²) in [6.07, 6.45) is 0.634. The third-order valence-corrected chi connectivity index (χ3v) is 11.7. The highest BCUT2D eigenvalue weighted by molar-refractivity contribution is 6.05. The standard InChI is InChI=1S/C40H38F5N9O4/c1-51-33-17-23(7-10-31(33)54(38(51)58)32-11-12-35(55)49-37(32)57)27-13-14-52(21-39(27,41)42)19-22-5-8-26(9-6-22)53-20-25-16-29(24(18-46)15-30(25)50-53)48-36(56)28-3-2-4-34(47-28)40(43,44)45/h2-4,7,10,15-17,20,22,26-27,32H,5-6,8-9,11-14,19,21H2,1H3,(H,48,56)(H,49,55,57). The van der Waals surface area contributed by atoms with Crippen LogP contribution in [0.25, 0.3) is 21.9 Å². The van der Waals surface area contributed by atoms with E-state index in [1.54, 1.807) is 30.5 Å². The number of nitrogens with zero attached hydrogens (tertiary/aromatic N) is 7. The number of aromatic nitrogens is 5. The summed E-state index contributed by atoms with van der Waals surface area (Å²) < 4.78 is 75.7. The molecule has 2 aromatic carbocycles. The van der Waals surface area contributed by atoms with Crippen molar-refractivity contribution in [1.29, 1.82) is 5.26 Å². The lowest BCUT2D eigenvalue weighted by atomic mass is 9.83. The van der Waals surface area contributed by atoms with Gasteiger partial charge in [-0.25, -0.2) is 18.6 Å². The number of carbonyl (C=O) groups excluding carboxylic acids is 3. The van der Waals surface area contributed by atoms with Gasteiger partial charge in [0.1, 0.15) is 23.5 Å². The van der Waals surface area contributed by atoms with Crippen LogP contribution in [0.3, 0.4) is 0 Å². The molecule has 3 aromatic heterocycles. The van der Waals surface area contributed by atoms with Crippen molar-refractivity contribution in [3.8, 4) is 6.07 Å². The zero-order valence-corrected chi connectivity index (χ0v) is 31.2. The molecule has 18 heteroatoms. The summed E-state index contributed by atoms with van der Waals surface area (Å²) >= 11 is 0. The lowest BCUT2D eigenvalue weighted by Gasteiger charge is -2.41. The van der Waals surface area contributed by atoms with Gasteiger partial charge in [-0.3, -0.25) is 38.4 Å². The van der Waals surface area contributed by atoms with Crippen molar-refractivity contribution >= 4 is 45.3 Å². The van der Waals surface area contributed by atoms with Crippen LogP contribution in [-0.4, -0.2) is 72.1 Å². The highest BCUT2D eigenvalue weighted by Crippen LogP contribution is 2.42. The van der Waals surface area contributed by atoms with Gasteiger partial charge < -0.3 is 5.32 Å². The molecule has 2 N–H and O–H groups in total. The minimum Gasteiger partial charge on any atom is -0.319 e. The lowest BCUT2D eigenvalue weighted by molar-refractivity contribution is -0.141. The number of alkyl halides is 5. The smallest absolute Gasteiger partial charge is 0.319 e. The minimum absolute atomic E-state index is 0.0180. The van der Waals surface area contributed by atoms with Crippen molar-refractivity contribution in [3.63, 3.8) is 0 Å². The molecule has 0 bridgehead atoms. The van der Waals surface area contributed by atoms with Gasteiger partial charge in [0.05, 0.1) is 46.3 Å². The number of anilines is 1. The van der Waals surface area contributed by atoms with Crippen molar-refractivity contribution < 1.29 is 36.3 Å². The van der Waals surface area contributed by atoms with E-state index in [1.165, 1.54) is 22.2 Å². The van der Waals surface area contributed by atoms with Crippen LogP contribution in [0.2, 0.25) is 0 Å². The third kappa shape index (κ3) is 7.34. The molecular formula is C40H38F5N9O4. The fraction of sp³-hybridized carbons (Fsp3) is 0.425. The number of likely N-dealkylation sites (tertiary alicyclic amines) is 1. The molecule has 8 rings (SSSR count). The van der Waals surface area contributed by atoms with Crippen molar-refractivity contribution in [2.45, 2.75) is 75.0 Å². The van der Waals surface area contributed by atoms with Gasteiger partial charge in [-0.15, -0.1) is 0 Å². The van der Waals surface area contributed by atoms with Crippen LogP contribution >= 0.6 is 0 Å². The summed E-state index contributed by atoms with van der Waals surface area (Å²) in [5.74, 6) is -5.76. The van der Waals surface area contributed by atoms with Gasteiger partial charge in [0.2, 0.25) is 11.8 Å². The van der Waals surface area contributed by atoms with E-state index in [-0.39, 0.29) is 42.5 Å². The molecule has 1 aliphatic carbocycles. The predicted octanol–water partition coefficient (Wildman–Crippen LogP) is 6.06. The fourth-order valence-corrected chi connectivity index (χ4v) is 8.74. The number of imide groups is 1. The molecule has 2 atom stereocenters. The van der Waals surface area contributed by atoms with Crippen LogP contribution in [0, 0.1) is 17.2 Å². The number of hydrogen-bond donors (Lipinski definition) is 2. The SMILES string of the molecule is Cn1c(=O)n(C2CCC(=O)NC2=O)c2ccc(C3CCN(CC4CCC(n5cc6cc(NC(=O)c7cccc(C(F)(F)F)n7)c(C#N)cc6n5)CC4)CC3(F)F)cc21. The Morgan fingerprint density at radius 2 is 1.79 bits per heavy atom.